The average Bonchev–Trinajstić information content (AvgIpc) is 3.38. The molecule has 0 aliphatic carbocycles. The van der Waals surface area contributed by atoms with E-state index >= 15 is 0 Å². The molecule has 5 rings (SSSR count). The molecule has 8 heteroatoms. The maximum atomic E-state index is 11.4. The minimum atomic E-state index is -0.624. The lowest BCUT2D eigenvalue weighted by Gasteiger charge is -2.40. The third kappa shape index (κ3) is 8.35. The summed E-state index contributed by atoms with van der Waals surface area (Å²) in [7, 11) is 0. The van der Waals surface area contributed by atoms with Crippen molar-refractivity contribution in [3.05, 3.63) is 113 Å². The van der Waals surface area contributed by atoms with Crippen LogP contribution in [0.3, 0.4) is 0 Å². The Kier molecular flexibility index (Phi) is 12.9. The quantitative estimate of drug-likeness (QED) is 0.227. The number of aliphatic hydroxyl groups is 1. The molecule has 0 radical (unpaired) electrons. The van der Waals surface area contributed by atoms with Crippen LogP contribution in [0, 0.1) is 6.92 Å². The van der Waals surface area contributed by atoms with Crippen LogP contribution in [0.4, 0.5) is 0 Å². The molecule has 5 nitrogen and oxygen atoms in total. The highest BCUT2D eigenvalue weighted by atomic mass is 35.5. The molecule has 1 fully saturated rings. The summed E-state index contributed by atoms with van der Waals surface area (Å²) in [5.74, 6) is 0.822. The second-order valence-electron chi connectivity index (χ2n) is 11.5. The number of hydrogen-bond acceptors (Lipinski definition) is 4. The lowest BCUT2D eigenvalue weighted by atomic mass is 9.89. The van der Waals surface area contributed by atoms with Gasteiger partial charge in [-0.3, -0.25) is 9.80 Å². The van der Waals surface area contributed by atoms with Gasteiger partial charge in [0.05, 0.1) is 17.4 Å². The summed E-state index contributed by atoms with van der Waals surface area (Å²) in [5.41, 5.74) is 6.51. The van der Waals surface area contributed by atoms with Crippen LogP contribution in [-0.2, 0) is 5.41 Å². The number of piperazine rings is 1. The van der Waals surface area contributed by atoms with E-state index in [1.807, 2.05) is 0 Å². The molecule has 0 saturated carbocycles. The number of H-pyrrole nitrogens is 1. The van der Waals surface area contributed by atoms with Crippen molar-refractivity contribution < 1.29 is 5.11 Å². The highest BCUT2D eigenvalue weighted by Crippen LogP contribution is 2.33. The molecule has 2 N–H and O–H groups in total. The van der Waals surface area contributed by atoms with E-state index in [0.29, 0.717) is 6.54 Å². The molecule has 0 amide bonds. The van der Waals surface area contributed by atoms with E-state index < -0.39 is 6.10 Å². The van der Waals surface area contributed by atoms with Gasteiger partial charge in [-0.1, -0.05) is 111 Å². The lowest BCUT2D eigenvalue weighted by molar-refractivity contribution is 0.0601. The Labute approximate surface area is 263 Å². The number of imidazole rings is 1. The smallest absolute Gasteiger partial charge is 0.137 e. The van der Waals surface area contributed by atoms with Gasteiger partial charge in [0, 0.05) is 43.7 Å². The predicted octanol–water partition coefficient (Wildman–Crippen LogP) is 7.39. The molecule has 4 aromatic rings. The van der Waals surface area contributed by atoms with E-state index in [1.54, 1.807) is 0 Å². The summed E-state index contributed by atoms with van der Waals surface area (Å²) >= 11 is 0. The normalized spacial score (nSPS) is 15.0. The van der Waals surface area contributed by atoms with Gasteiger partial charge in [-0.05, 0) is 18.1 Å². The molecular weight excluding hydrogens is 575 g/mol. The average molecular weight is 618 g/mol. The highest BCUT2D eigenvalue weighted by Gasteiger charge is 2.30. The zero-order valence-corrected chi connectivity index (χ0v) is 26.7. The van der Waals surface area contributed by atoms with Gasteiger partial charge < -0.3 is 10.1 Å². The summed E-state index contributed by atoms with van der Waals surface area (Å²) in [5, 5.41) is 11.4. The minimum absolute atomic E-state index is 0. The first kappa shape index (κ1) is 34.8. The van der Waals surface area contributed by atoms with Gasteiger partial charge in [0.25, 0.3) is 0 Å². The fourth-order valence-corrected chi connectivity index (χ4v) is 5.47. The number of hydrogen-bond donors (Lipinski definition) is 2. The minimum Gasteiger partial charge on any atom is -0.385 e. The molecular formula is C33H43Cl3N4O. The van der Waals surface area contributed by atoms with E-state index in [-0.39, 0.29) is 48.7 Å². The summed E-state index contributed by atoms with van der Waals surface area (Å²) in [6.45, 7) is 12.9. The van der Waals surface area contributed by atoms with Crippen molar-refractivity contribution in [2.75, 3.05) is 32.7 Å². The summed E-state index contributed by atoms with van der Waals surface area (Å²) in [6, 6.07) is 30.2. The topological polar surface area (TPSA) is 55.4 Å². The summed E-state index contributed by atoms with van der Waals surface area (Å²) in [6.07, 6.45) is -0.624. The van der Waals surface area contributed by atoms with Crippen LogP contribution in [0.1, 0.15) is 61.0 Å². The van der Waals surface area contributed by atoms with Crippen molar-refractivity contribution >= 4 is 37.2 Å². The van der Waals surface area contributed by atoms with E-state index in [4.69, 9.17) is 4.98 Å². The van der Waals surface area contributed by atoms with Gasteiger partial charge in [-0.2, -0.15) is 0 Å². The number of halogens is 3. The third-order valence-electron chi connectivity index (χ3n) is 7.53. The van der Waals surface area contributed by atoms with Crippen LogP contribution in [0.15, 0.2) is 84.9 Å². The SMILES string of the molecule is Cc1ccc(-c2nc(C(C)(C)C)c(C(O)CN3CCN(C(c4ccccc4)c4ccccc4)CC3)[nH]2)cc1.Cl.Cl.Cl. The van der Waals surface area contributed by atoms with E-state index in [2.05, 4.69) is 127 Å². The van der Waals surface area contributed by atoms with Gasteiger partial charge in [0.1, 0.15) is 11.9 Å². The van der Waals surface area contributed by atoms with Crippen molar-refractivity contribution in [1.82, 2.24) is 19.8 Å². The van der Waals surface area contributed by atoms with Crippen LogP contribution < -0.4 is 0 Å². The molecule has 1 unspecified atom stereocenters. The number of aliphatic hydroxyl groups excluding tert-OH is 1. The monoisotopic (exact) mass is 616 g/mol. The number of rotatable bonds is 7. The van der Waals surface area contributed by atoms with Crippen LogP contribution >= 0.6 is 37.2 Å². The number of nitrogens with zero attached hydrogens (tertiary/aromatic N) is 3. The molecule has 1 atom stereocenters. The largest absolute Gasteiger partial charge is 0.385 e. The second kappa shape index (κ2) is 15.2. The van der Waals surface area contributed by atoms with Gasteiger partial charge in [-0.15, -0.1) is 37.2 Å². The standard InChI is InChI=1S/C33H40N4O.3ClH/c1-24-15-17-27(18-16-24)32-34-29(31(35-32)33(2,3)4)28(38)23-36-19-21-37(22-20-36)30(25-11-7-5-8-12-25)26-13-9-6-10-14-26;;;/h5-18,28,30,38H,19-23H2,1-4H3,(H,34,35);3*1H. The summed E-state index contributed by atoms with van der Waals surface area (Å²) in [4.78, 5) is 13.4. The van der Waals surface area contributed by atoms with Crippen molar-refractivity contribution in [2.45, 2.75) is 45.3 Å². The first-order valence-electron chi connectivity index (χ1n) is 13.7. The predicted molar refractivity (Wildman–Crippen MR) is 177 cm³/mol. The van der Waals surface area contributed by atoms with Crippen LogP contribution in [-0.4, -0.2) is 57.6 Å². The Morgan fingerprint density at radius 3 is 1.78 bits per heavy atom. The fraction of sp³-hybridized carbons (Fsp3) is 0.364. The zero-order valence-electron chi connectivity index (χ0n) is 24.3. The molecule has 222 valence electrons. The molecule has 41 heavy (non-hydrogen) atoms. The van der Waals surface area contributed by atoms with Crippen LogP contribution in [0.25, 0.3) is 11.4 Å². The highest BCUT2D eigenvalue weighted by molar-refractivity contribution is 5.86. The third-order valence-corrected chi connectivity index (χ3v) is 7.53. The van der Waals surface area contributed by atoms with Crippen molar-refractivity contribution in [2.24, 2.45) is 0 Å². The lowest BCUT2D eigenvalue weighted by Crippen LogP contribution is -2.48. The molecule has 1 aromatic heterocycles. The van der Waals surface area contributed by atoms with E-state index in [1.165, 1.54) is 16.7 Å². The van der Waals surface area contributed by atoms with Gasteiger partial charge in [-0.25, -0.2) is 4.98 Å². The Morgan fingerprint density at radius 2 is 1.29 bits per heavy atom. The van der Waals surface area contributed by atoms with Gasteiger partial charge >= 0.3 is 0 Å². The Bertz CT molecular complexity index is 1280. The number of β-amino-alcohol motifs (C(OH)–C–C–N with tert-alkyl or cyclic N) is 1. The Balaban J connectivity index is 0.00000196. The van der Waals surface area contributed by atoms with Crippen molar-refractivity contribution in [1.29, 1.82) is 0 Å². The van der Waals surface area contributed by atoms with Gasteiger partial charge in [0.15, 0.2) is 0 Å². The Hall–Kier alpha value is -2.38. The summed E-state index contributed by atoms with van der Waals surface area (Å²) < 4.78 is 0. The van der Waals surface area contributed by atoms with E-state index in [0.717, 1.165) is 49.0 Å². The van der Waals surface area contributed by atoms with Crippen molar-refractivity contribution in [3.63, 3.8) is 0 Å². The molecule has 2 heterocycles. The van der Waals surface area contributed by atoms with Gasteiger partial charge in [0.2, 0.25) is 0 Å². The first-order valence-corrected chi connectivity index (χ1v) is 13.7. The number of benzene rings is 3. The number of nitrogens with one attached hydrogen (secondary N) is 1. The number of aryl methyl sites for hydroxylation is 1. The Morgan fingerprint density at radius 1 is 0.780 bits per heavy atom. The first-order chi connectivity index (χ1) is 18.3. The van der Waals surface area contributed by atoms with Crippen LogP contribution in [0.2, 0.25) is 0 Å². The molecule has 1 aliphatic heterocycles. The number of aromatic nitrogens is 2. The second-order valence-corrected chi connectivity index (χ2v) is 11.5. The molecule has 0 bridgehead atoms. The molecule has 1 saturated heterocycles. The van der Waals surface area contributed by atoms with Crippen LogP contribution in [0.5, 0.6) is 0 Å². The van der Waals surface area contributed by atoms with E-state index in [9.17, 15) is 5.11 Å². The zero-order chi connectivity index (χ0) is 26.7. The maximum Gasteiger partial charge on any atom is 0.137 e. The maximum absolute atomic E-state index is 11.4. The molecule has 0 spiro atoms. The fourth-order valence-electron chi connectivity index (χ4n) is 5.47. The molecule has 1 aliphatic rings. The molecule has 3 aromatic carbocycles. The number of aromatic amines is 1. The van der Waals surface area contributed by atoms with Crippen molar-refractivity contribution in [3.8, 4) is 11.4 Å².